The molecule has 1 atom stereocenters. The van der Waals surface area contributed by atoms with E-state index in [2.05, 4.69) is 6.92 Å². The van der Waals surface area contributed by atoms with Crippen LogP contribution < -0.4 is 10.6 Å². The number of carbonyl (C=O) groups excluding carboxylic acids is 1. The van der Waals surface area contributed by atoms with Crippen molar-refractivity contribution in [1.82, 2.24) is 4.90 Å². The molecule has 0 spiro atoms. The highest BCUT2D eigenvalue weighted by Gasteiger charge is 2.24. The Bertz CT molecular complexity index is 430. The van der Waals surface area contributed by atoms with E-state index in [4.69, 9.17) is 5.73 Å². The van der Waals surface area contributed by atoms with Gasteiger partial charge in [0.2, 0.25) is 0 Å². The second-order valence-electron chi connectivity index (χ2n) is 5.41. The molecule has 0 saturated carbocycles. The molecule has 2 N–H and O–H groups in total. The van der Waals surface area contributed by atoms with Gasteiger partial charge in [0, 0.05) is 32.4 Å². The van der Waals surface area contributed by atoms with Gasteiger partial charge in [0.15, 0.2) is 0 Å². The maximum absolute atomic E-state index is 12.4. The zero-order chi connectivity index (χ0) is 13.8. The van der Waals surface area contributed by atoms with E-state index in [1.54, 1.807) is 4.90 Å². The highest BCUT2D eigenvalue weighted by Crippen LogP contribution is 2.20. The Balaban J connectivity index is 2.05. The molecule has 0 aromatic heterocycles. The molecule has 1 fully saturated rings. The normalized spacial score (nSPS) is 19.3. The largest absolute Gasteiger partial charge is 0.326 e. The molecule has 19 heavy (non-hydrogen) atoms. The van der Waals surface area contributed by atoms with E-state index in [0.29, 0.717) is 12.5 Å². The molecule has 1 heterocycles. The summed E-state index contributed by atoms with van der Waals surface area (Å²) in [6, 6.07) is 7.93. The van der Waals surface area contributed by atoms with E-state index in [9.17, 15) is 4.79 Å². The van der Waals surface area contributed by atoms with Gasteiger partial charge in [-0.15, -0.1) is 0 Å². The maximum atomic E-state index is 12.4. The number of benzene rings is 1. The Labute approximate surface area is 115 Å². The van der Waals surface area contributed by atoms with Crippen LogP contribution in [0, 0.1) is 5.92 Å². The van der Waals surface area contributed by atoms with E-state index < -0.39 is 0 Å². The molecule has 104 valence electrons. The van der Waals surface area contributed by atoms with Crippen molar-refractivity contribution in [2.24, 2.45) is 11.7 Å². The van der Waals surface area contributed by atoms with E-state index in [-0.39, 0.29) is 6.03 Å². The molecular formula is C15H23N3O. The lowest BCUT2D eigenvalue weighted by molar-refractivity contribution is 0.177. The highest BCUT2D eigenvalue weighted by atomic mass is 16.2. The van der Waals surface area contributed by atoms with E-state index >= 15 is 0 Å². The molecule has 1 saturated heterocycles. The third-order valence-corrected chi connectivity index (χ3v) is 3.77. The van der Waals surface area contributed by atoms with Gasteiger partial charge in [-0.1, -0.05) is 19.1 Å². The predicted molar refractivity (Wildman–Crippen MR) is 78.1 cm³/mol. The van der Waals surface area contributed by atoms with E-state index in [0.717, 1.165) is 30.8 Å². The molecule has 1 aromatic carbocycles. The summed E-state index contributed by atoms with van der Waals surface area (Å²) < 4.78 is 0. The molecule has 0 bridgehead atoms. The number of likely N-dealkylation sites (tertiary alicyclic amines) is 1. The Morgan fingerprint density at radius 2 is 2.11 bits per heavy atom. The minimum Gasteiger partial charge on any atom is -0.326 e. The first-order chi connectivity index (χ1) is 9.11. The van der Waals surface area contributed by atoms with Crippen molar-refractivity contribution in [2.75, 3.05) is 25.0 Å². The SMILES string of the molecule is CC1CCCN(C(=O)N(C)c2ccc(CN)cc2)C1. The second-order valence-corrected chi connectivity index (χ2v) is 5.41. The van der Waals surface area contributed by atoms with Crippen LogP contribution in [0.4, 0.5) is 10.5 Å². The van der Waals surface area contributed by atoms with Crippen LogP contribution in [0.15, 0.2) is 24.3 Å². The van der Waals surface area contributed by atoms with Crippen LogP contribution >= 0.6 is 0 Å². The van der Waals surface area contributed by atoms with Crippen molar-refractivity contribution in [3.8, 4) is 0 Å². The first-order valence-corrected chi connectivity index (χ1v) is 6.93. The number of piperidine rings is 1. The van der Waals surface area contributed by atoms with Gasteiger partial charge in [-0.05, 0) is 36.5 Å². The van der Waals surface area contributed by atoms with Gasteiger partial charge in [0.05, 0.1) is 0 Å². The molecule has 2 amide bonds. The number of carbonyl (C=O) groups is 1. The van der Waals surface area contributed by atoms with Crippen molar-refractivity contribution in [3.05, 3.63) is 29.8 Å². The predicted octanol–water partition coefficient (Wildman–Crippen LogP) is 2.43. The third kappa shape index (κ3) is 3.26. The van der Waals surface area contributed by atoms with Gasteiger partial charge in [0.25, 0.3) is 0 Å². The van der Waals surface area contributed by atoms with Crippen molar-refractivity contribution < 1.29 is 4.79 Å². The van der Waals surface area contributed by atoms with Crippen LogP contribution in [0.2, 0.25) is 0 Å². The minimum atomic E-state index is 0.0899. The summed E-state index contributed by atoms with van der Waals surface area (Å²) >= 11 is 0. The number of nitrogens with zero attached hydrogens (tertiary/aromatic N) is 2. The Hall–Kier alpha value is -1.55. The molecule has 4 nitrogen and oxygen atoms in total. The van der Waals surface area contributed by atoms with E-state index in [1.165, 1.54) is 6.42 Å². The molecule has 4 heteroatoms. The van der Waals surface area contributed by atoms with Crippen molar-refractivity contribution >= 4 is 11.7 Å². The molecule has 1 unspecified atom stereocenters. The van der Waals surface area contributed by atoms with Crippen molar-refractivity contribution in [3.63, 3.8) is 0 Å². The lowest BCUT2D eigenvalue weighted by Crippen LogP contribution is -2.45. The number of nitrogens with two attached hydrogens (primary N) is 1. The topological polar surface area (TPSA) is 49.6 Å². The van der Waals surface area contributed by atoms with Crippen LogP contribution in [-0.4, -0.2) is 31.1 Å². The maximum Gasteiger partial charge on any atom is 0.324 e. The Kier molecular flexibility index (Phi) is 4.43. The second kappa shape index (κ2) is 6.06. The lowest BCUT2D eigenvalue weighted by atomic mass is 10.0. The van der Waals surface area contributed by atoms with Crippen LogP contribution in [0.3, 0.4) is 0 Å². The number of amides is 2. The van der Waals surface area contributed by atoms with E-state index in [1.807, 2.05) is 36.2 Å². The summed E-state index contributed by atoms with van der Waals surface area (Å²) in [6.07, 6.45) is 2.32. The van der Waals surface area contributed by atoms with Gasteiger partial charge in [-0.3, -0.25) is 4.90 Å². The standard InChI is InChI=1S/C15H23N3O/c1-12-4-3-9-18(11-12)15(19)17(2)14-7-5-13(10-16)6-8-14/h5-8,12H,3-4,9-11,16H2,1-2H3. The van der Waals surface area contributed by atoms with Crippen molar-refractivity contribution in [1.29, 1.82) is 0 Å². The van der Waals surface area contributed by atoms with Crippen molar-refractivity contribution in [2.45, 2.75) is 26.3 Å². The van der Waals surface area contributed by atoms with Crippen LogP contribution in [0.5, 0.6) is 0 Å². The van der Waals surface area contributed by atoms with Gasteiger partial charge in [0.1, 0.15) is 0 Å². The fraction of sp³-hybridized carbons (Fsp3) is 0.533. The quantitative estimate of drug-likeness (QED) is 0.889. The number of hydrogen-bond acceptors (Lipinski definition) is 2. The zero-order valence-electron chi connectivity index (χ0n) is 11.8. The lowest BCUT2D eigenvalue weighted by Gasteiger charge is -2.34. The average molecular weight is 261 g/mol. The summed E-state index contributed by atoms with van der Waals surface area (Å²) in [5.41, 5.74) is 7.58. The monoisotopic (exact) mass is 261 g/mol. The summed E-state index contributed by atoms with van der Waals surface area (Å²) in [5, 5.41) is 0. The highest BCUT2D eigenvalue weighted by molar-refractivity contribution is 5.91. The van der Waals surface area contributed by atoms with Gasteiger partial charge in [-0.2, -0.15) is 0 Å². The number of urea groups is 1. The number of anilines is 1. The Morgan fingerprint density at radius 3 is 2.68 bits per heavy atom. The first-order valence-electron chi connectivity index (χ1n) is 6.93. The molecule has 1 aliphatic rings. The zero-order valence-corrected chi connectivity index (χ0v) is 11.8. The number of hydrogen-bond donors (Lipinski definition) is 1. The van der Waals surface area contributed by atoms with Gasteiger partial charge >= 0.3 is 6.03 Å². The molecule has 0 radical (unpaired) electrons. The summed E-state index contributed by atoms with van der Waals surface area (Å²) in [7, 11) is 1.83. The van der Waals surface area contributed by atoms with Crippen LogP contribution in [0.25, 0.3) is 0 Å². The first kappa shape index (κ1) is 13.9. The van der Waals surface area contributed by atoms with Gasteiger partial charge in [-0.25, -0.2) is 4.79 Å². The molecule has 1 aliphatic heterocycles. The third-order valence-electron chi connectivity index (χ3n) is 3.77. The summed E-state index contributed by atoms with van der Waals surface area (Å²) in [5.74, 6) is 0.603. The fourth-order valence-electron chi connectivity index (χ4n) is 2.54. The van der Waals surface area contributed by atoms with Crippen LogP contribution in [-0.2, 0) is 6.54 Å². The van der Waals surface area contributed by atoms with Gasteiger partial charge < -0.3 is 10.6 Å². The summed E-state index contributed by atoms with van der Waals surface area (Å²) in [6.45, 7) is 4.47. The average Bonchev–Trinajstić information content (AvgIpc) is 2.46. The molecular weight excluding hydrogens is 238 g/mol. The smallest absolute Gasteiger partial charge is 0.324 e. The fourth-order valence-corrected chi connectivity index (χ4v) is 2.54. The molecule has 2 rings (SSSR count). The Morgan fingerprint density at radius 1 is 1.42 bits per heavy atom. The minimum absolute atomic E-state index is 0.0899. The molecule has 0 aliphatic carbocycles. The van der Waals surface area contributed by atoms with Crippen LogP contribution in [0.1, 0.15) is 25.3 Å². The summed E-state index contributed by atoms with van der Waals surface area (Å²) in [4.78, 5) is 16.1. The number of rotatable bonds is 2. The molecule has 1 aromatic rings.